The van der Waals surface area contributed by atoms with Crippen LogP contribution < -0.4 is 4.74 Å². The zero-order valence-electron chi connectivity index (χ0n) is 17.6. The van der Waals surface area contributed by atoms with Gasteiger partial charge in [-0.2, -0.15) is 4.31 Å². The van der Waals surface area contributed by atoms with E-state index in [1.54, 1.807) is 31.3 Å². The van der Waals surface area contributed by atoms with E-state index in [1.807, 2.05) is 37.3 Å². The van der Waals surface area contributed by atoms with Crippen LogP contribution in [0.15, 0.2) is 82.3 Å². The Kier molecular flexibility index (Phi) is 7.49. The van der Waals surface area contributed by atoms with Crippen LogP contribution in [0.3, 0.4) is 0 Å². The summed E-state index contributed by atoms with van der Waals surface area (Å²) < 4.78 is 38.5. The predicted octanol–water partition coefficient (Wildman–Crippen LogP) is 3.53. The molecule has 0 aliphatic carbocycles. The molecule has 0 atom stereocenters. The van der Waals surface area contributed by atoms with Crippen LogP contribution >= 0.6 is 0 Å². The van der Waals surface area contributed by atoms with Crippen molar-refractivity contribution in [2.75, 3.05) is 20.2 Å². The molecule has 0 aliphatic heterocycles. The fourth-order valence-electron chi connectivity index (χ4n) is 3.04. The Hall–Kier alpha value is -3.10. The quantitative estimate of drug-likeness (QED) is 0.480. The summed E-state index contributed by atoms with van der Waals surface area (Å²) in [5.41, 5.74) is 0.963. The highest BCUT2D eigenvalue weighted by Crippen LogP contribution is 2.22. The molecule has 31 heavy (non-hydrogen) atoms. The number of likely N-dealkylation sites (N-methyl/N-ethyl adjacent to an activating group) is 1. The van der Waals surface area contributed by atoms with Gasteiger partial charge in [0.25, 0.3) is 0 Å². The van der Waals surface area contributed by atoms with E-state index in [0.717, 1.165) is 9.87 Å². The van der Waals surface area contributed by atoms with Crippen molar-refractivity contribution in [3.63, 3.8) is 0 Å². The number of carbonyl (C=O) groups is 1. The Balaban J connectivity index is 1.80. The molecule has 3 rings (SSSR count). The van der Waals surface area contributed by atoms with Gasteiger partial charge in [-0.05, 0) is 48.9 Å². The fourth-order valence-corrected chi connectivity index (χ4v) is 4.40. The van der Waals surface area contributed by atoms with E-state index in [4.69, 9.17) is 9.15 Å². The first-order chi connectivity index (χ1) is 14.9. The number of rotatable bonds is 10. The maximum absolute atomic E-state index is 13.3. The van der Waals surface area contributed by atoms with Gasteiger partial charge in [-0.1, -0.05) is 30.3 Å². The molecule has 0 spiro atoms. The summed E-state index contributed by atoms with van der Waals surface area (Å²) in [5.74, 6) is 0.718. The second-order valence-corrected chi connectivity index (χ2v) is 8.93. The van der Waals surface area contributed by atoms with Gasteiger partial charge in [-0.3, -0.25) is 4.79 Å². The molecule has 0 saturated carbocycles. The molecular weight excluding hydrogens is 416 g/mol. The third kappa shape index (κ3) is 5.96. The van der Waals surface area contributed by atoms with Gasteiger partial charge in [0.05, 0.1) is 30.9 Å². The molecule has 3 aromatic rings. The monoisotopic (exact) mass is 442 g/mol. The second-order valence-electron chi connectivity index (χ2n) is 6.99. The molecular formula is C23H26N2O5S. The van der Waals surface area contributed by atoms with Crippen LogP contribution in [-0.2, 0) is 27.9 Å². The van der Waals surface area contributed by atoms with Gasteiger partial charge in [0, 0.05) is 13.6 Å². The SMILES string of the molecule is CCOc1ccc(S(=O)(=O)N(CC(=O)N(C)Cc2ccccc2)Cc2ccco2)cc1. The van der Waals surface area contributed by atoms with Crippen LogP contribution in [0, 0.1) is 0 Å². The molecule has 1 amide bonds. The summed E-state index contributed by atoms with van der Waals surface area (Å²) in [4.78, 5) is 14.5. The number of carbonyl (C=O) groups excluding carboxylic acids is 1. The van der Waals surface area contributed by atoms with Crippen molar-refractivity contribution in [1.29, 1.82) is 0 Å². The Morgan fingerprint density at radius 1 is 0.968 bits per heavy atom. The van der Waals surface area contributed by atoms with Gasteiger partial charge < -0.3 is 14.1 Å². The van der Waals surface area contributed by atoms with Crippen LogP contribution in [0.4, 0.5) is 0 Å². The molecule has 1 aromatic heterocycles. The molecule has 0 radical (unpaired) electrons. The second kappa shape index (κ2) is 10.3. The van der Waals surface area contributed by atoms with E-state index >= 15 is 0 Å². The standard InChI is InChI=1S/C23H26N2O5S/c1-3-29-20-11-13-22(14-12-20)31(27,28)25(17-21-10-7-15-30-21)18-23(26)24(2)16-19-8-5-4-6-9-19/h4-15H,3,16-18H2,1-2H3. The molecule has 0 bridgehead atoms. The lowest BCUT2D eigenvalue weighted by molar-refractivity contribution is -0.130. The smallest absolute Gasteiger partial charge is 0.243 e. The van der Waals surface area contributed by atoms with Crippen LogP contribution in [-0.4, -0.2) is 43.7 Å². The van der Waals surface area contributed by atoms with Crippen LogP contribution in [0.1, 0.15) is 18.2 Å². The number of hydrogen-bond donors (Lipinski definition) is 0. The Morgan fingerprint density at radius 3 is 2.29 bits per heavy atom. The van der Waals surface area contributed by atoms with Crippen molar-refractivity contribution < 1.29 is 22.4 Å². The zero-order chi connectivity index (χ0) is 22.3. The fraction of sp³-hybridized carbons (Fsp3) is 0.261. The van der Waals surface area contributed by atoms with Crippen molar-refractivity contribution in [3.8, 4) is 5.75 Å². The summed E-state index contributed by atoms with van der Waals surface area (Å²) in [6.45, 7) is 2.37. The van der Waals surface area contributed by atoms with Crippen LogP contribution in [0.25, 0.3) is 0 Å². The first-order valence-corrected chi connectivity index (χ1v) is 11.4. The molecule has 7 nitrogen and oxygen atoms in total. The molecule has 2 aromatic carbocycles. The summed E-state index contributed by atoms with van der Waals surface area (Å²) in [6, 6.07) is 19.1. The highest BCUT2D eigenvalue weighted by Gasteiger charge is 2.29. The lowest BCUT2D eigenvalue weighted by Gasteiger charge is -2.24. The summed E-state index contributed by atoms with van der Waals surface area (Å²) in [5, 5.41) is 0. The Bertz CT molecular complexity index is 1060. The molecule has 0 fully saturated rings. The zero-order valence-corrected chi connectivity index (χ0v) is 18.4. The molecule has 1 heterocycles. The average molecular weight is 443 g/mol. The van der Waals surface area contributed by atoms with Gasteiger partial charge in [0.15, 0.2) is 0 Å². The molecule has 0 aliphatic rings. The van der Waals surface area contributed by atoms with E-state index < -0.39 is 10.0 Å². The number of furan rings is 1. The lowest BCUT2D eigenvalue weighted by Crippen LogP contribution is -2.40. The third-order valence-electron chi connectivity index (χ3n) is 4.68. The minimum absolute atomic E-state index is 0.0482. The number of sulfonamides is 1. The molecule has 0 unspecified atom stereocenters. The topological polar surface area (TPSA) is 80.1 Å². The van der Waals surface area contributed by atoms with Crippen LogP contribution in [0.5, 0.6) is 5.75 Å². The third-order valence-corrected chi connectivity index (χ3v) is 6.49. The number of benzene rings is 2. The minimum Gasteiger partial charge on any atom is -0.494 e. The maximum atomic E-state index is 13.3. The van der Waals surface area contributed by atoms with Crippen LogP contribution in [0.2, 0.25) is 0 Å². The number of ether oxygens (including phenoxy) is 1. The first kappa shape index (κ1) is 22.6. The highest BCUT2D eigenvalue weighted by atomic mass is 32.2. The maximum Gasteiger partial charge on any atom is 0.243 e. The molecule has 8 heteroatoms. The first-order valence-electron chi connectivity index (χ1n) is 9.93. The molecule has 164 valence electrons. The van der Waals surface area contributed by atoms with E-state index in [2.05, 4.69) is 0 Å². The van der Waals surface area contributed by atoms with Crippen molar-refractivity contribution >= 4 is 15.9 Å². The van der Waals surface area contributed by atoms with Gasteiger partial charge >= 0.3 is 0 Å². The van der Waals surface area contributed by atoms with Gasteiger partial charge in [0.2, 0.25) is 15.9 Å². The van der Waals surface area contributed by atoms with Crippen molar-refractivity contribution in [1.82, 2.24) is 9.21 Å². The lowest BCUT2D eigenvalue weighted by atomic mass is 10.2. The predicted molar refractivity (Wildman–Crippen MR) is 117 cm³/mol. The van der Waals surface area contributed by atoms with Crippen molar-refractivity contribution in [3.05, 3.63) is 84.3 Å². The van der Waals surface area contributed by atoms with E-state index in [9.17, 15) is 13.2 Å². The average Bonchev–Trinajstić information content (AvgIpc) is 3.28. The molecule has 0 saturated heterocycles. The minimum atomic E-state index is -3.94. The van der Waals surface area contributed by atoms with E-state index in [0.29, 0.717) is 24.7 Å². The number of nitrogens with zero attached hydrogens (tertiary/aromatic N) is 2. The Labute approximate surface area is 182 Å². The van der Waals surface area contributed by atoms with E-state index in [1.165, 1.54) is 23.3 Å². The Morgan fingerprint density at radius 2 is 1.68 bits per heavy atom. The van der Waals surface area contributed by atoms with Gasteiger partial charge in [0.1, 0.15) is 11.5 Å². The number of amides is 1. The van der Waals surface area contributed by atoms with Crippen molar-refractivity contribution in [2.24, 2.45) is 0 Å². The van der Waals surface area contributed by atoms with E-state index in [-0.39, 0.29) is 23.9 Å². The summed E-state index contributed by atoms with van der Waals surface area (Å²) in [7, 11) is -2.28. The summed E-state index contributed by atoms with van der Waals surface area (Å²) in [6.07, 6.45) is 1.47. The largest absolute Gasteiger partial charge is 0.494 e. The summed E-state index contributed by atoms with van der Waals surface area (Å²) >= 11 is 0. The van der Waals surface area contributed by atoms with Gasteiger partial charge in [-0.15, -0.1) is 0 Å². The van der Waals surface area contributed by atoms with Crippen molar-refractivity contribution in [2.45, 2.75) is 24.9 Å². The molecule has 0 N–H and O–H groups in total. The van der Waals surface area contributed by atoms with Gasteiger partial charge in [-0.25, -0.2) is 8.42 Å². The number of hydrogen-bond acceptors (Lipinski definition) is 5. The normalized spacial score (nSPS) is 11.5. The highest BCUT2D eigenvalue weighted by molar-refractivity contribution is 7.89.